The van der Waals surface area contributed by atoms with E-state index in [1.165, 1.54) is 12.8 Å². The van der Waals surface area contributed by atoms with E-state index in [0.717, 1.165) is 13.0 Å². The van der Waals surface area contributed by atoms with Crippen molar-refractivity contribution in [3.05, 3.63) is 0 Å². The molecule has 0 saturated heterocycles. The molecular formula is C11H17NO3. The highest BCUT2D eigenvalue weighted by molar-refractivity contribution is 5.89. The van der Waals surface area contributed by atoms with Crippen LogP contribution >= 0.6 is 0 Å². The molecule has 0 bridgehead atoms. The summed E-state index contributed by atoms with van der Waals surface area (Å²) in [5.74, 6) is -1.61. The number of carbonyl (C=O) groups is 2. The van der Waals surface area contributed by atoms with Gasteiger partial charge in [-0.2, -0.15) is 0 Å². The van der Waals surface area contributed by atoms with Gasteiger partial charge in [0.1, 0.15) is 0 Å². The van der Waals surface area contributed by atoms with Crippen LogP contribution in [0.3, 0.4) is 0 Å². The van der Waals surface area contributed by atoms with Crippen LogP contribution in [-0.4, -0.2) is 23.5 Å². The van der Waals surface area contributed by atoms with Crippen LogP contribution in [0.15, 0.2) is 0 Å². The highest BCUT2D eigenvalue weighted by atomic mass is 16.4. The first-order valence-corrected chi connectivity index (χ1v) is 5.58. The average molecular weight is 211 g/mol. The largest absolute Gasteiger partial charge is 0.481 e. The second-order valence-corrected chi connectivity index (χ2v) is 4.86. The van der Waals surface area contributed by atoms with Crippen molar-refractivity contribution in [2.24, 2.45) is 17.3 Å². The number of amides is 1. The van der Waals surface area contributed by atoms with Crippen molar-refractivity contribution in [1.82, 2.24) is 5.32 Å². The lowest BCUT2D eigenvalue weighted by Crippen LogP contribution is -2.32. The fraction of sp³-hybridized carbons (Fsp3) is 0.818. The van der Waals surface area contributed by atoms with Crippen LogP contribution < -0.4 is 5.32 Å². The van der Waals surface area contributed by atoms with Crippen LogP contribution in [0.1, 0.15) is 32.6 Å². The molecule has 0 radical (unpaired) electrons. The summed E-state index contributed by atoms with van der Waals surface area (Å²) in [7, 11) is 0. The van der Waals surface area contributed by atoms with Crippen LogP contribution in [0.4, 0.5) is 0 Å². The lowest BCUT2D eigenvalue weighted by Gasteiger charge is -2.12. The fourth-order valence-corrected chi connectivity index (χ4v) is 2.00. The molecule has 0 aromatic carbocycles. The summed E-state index contributed by atoms with van der Waals surface area (Å²) < 4.78 is 0. The fourth-order valence-electron chi connectivity index (χ4n) is 2.00. The summed E-state index contributed by atoms with van der Waals surface area (Å²) in [6.45, 7) is 2.86. The minimum absolute atomic E-state index is 0.0675. The number of carboxylic acid groups (broad SMARTS) is 1. The molecule has 2 N–H and O–H groups in total. The van der Waals surface area contributed by atoms with Gasteiger partial charge in [-0.1, -0.05) is 6.92 Å². The number of hydrogen-bond donors (Lipinski definition) is 2. The van der Waals surface area contributed by atoms with E-state index in [4.69, 9.17) is 5.11 Å². The molecule has 0 aromatic heterocycles. The molecular weight excluding hydrogens is 194 g/mol. The number of carboxylic acids is 1. The molecule has 0 aliphatic heterocycles. The number of rotatable bonds is 5. The molecule has 2 atom stereocenters. The van der Waals surface area contributed by atoms with Crippen molar-refractivity contribution in [2.75, 3.05) is 6.54 Å². The first-order valence-electron chi connectivity index (χ1n) is 5.58. The minimum atomic E-state index is -0.841. The average Bonchev–Trinajstić information content (AvgIpc) is 3.08. The number of hydrogen-bond acceptors (Lipinski definition) is 2. The van der Waals surface area contributed by atoms with E-state index in [2.05, 4.69) is 12.2 Å². The lowest BCUT2D eigenvalue weighted by atomic mass is 10.0. The van der Waals surface area contributed by atoms with Gasteiger partial charge in [-0.05, 0) is 31.1 Å². The van der Waals surface area contributed by atoms with Crippen LogP contribution in [0.2, 0.25) is 0 Å². The first-order chi connectivity index (χ1) is 7.08. The van der Waals surface area contributed by atoms with Crippen LogP contribution in [-0.2, 0) is 9.59 Å². The Hall–Kier alpha value is -1.06. The van der Waals surface area contributed by atoms with Gasteiger partial charge in [0.05, 0.1) is 11.8 Å². The number of aliphatic carboxylic acids is 1. The van der Waals surface area contributed by atoms with Crippen molar-refractivity contribution in [3.8, 4) is 0 Å². The molecule has 4 heteroatoms. The molecule has 1 amide bonds. The predicted molar refractivity (Wildman–Crippen MR) is 54.2 cm³/mol. The van der Waals surface area contributed by atoms with E-state index in [-0.39, 0.29) is 11.8 Å². The summed E-state index contributed by atoms with van der Waals surface area (Å²) in [5.41, 5.74) is 0.337. The Morgan fingerprint density at radius 3 is 2.47 bits per heavy atom. The van der Waals surface area contributed by atoms with Crippen molar-refractivity contribution in [1.29, 1.82) is 0 Å². The van der Waals surface area contributed by atoms with Crippen LogP contribution in [0.5, 0.6) is 0 Å². The third kappa shape index (κ3) is 2.13. The Labute approximate surface area is 89.0 Å². The van der Waals surface area contributed by atoms with E-state index < -0.39 is 11.9 Å². The van der Waals surface area contributed by atoms with E-state index >= 15 is 0 Å². The van der Waals surface area contributed by atoms with Gasteiger partial charge >= 0.3 is 5.97 Å². The van der Waals surface area contributed by atoms with E-state index in [0.29, 0.717) is 11.8 Å². The Morgan fingerprint density at radius 1 is 1.40 bits per heavy atom. The Balaban J connectivity index is 1.73. The molecule has 0 unspecified atom stereocenters. The van der Waals surface area contributed by atoms with Gasteiger partial charge in [0.15, 0.2) is 0 Å². The number of nitrogens with one attached hydrogen (secondary N) is 1. The highest BCUT2D eigenvalue weighted by Gasteiger charge is 2.49. The topological polar surface area (TPSA) is 66.4 Å². The van der Waals surface area contributed by atoms with E-state index in [1.807, 2.05) is 0 Å². The lowest BCUT2D eigenvalue weighted by molar-refractivity contribution is -0.140. The molecule has 2 saturated carbocycles. The zero-order valence-electron chi connectivity index (χ0n) is 8.95. The summed E-state index contributed by atoms with van der Waals surface area (Å²) in [5, 5.41) is 11.6. The molecule has 0 aromatic rings. The maximum Gasteiger partial charge on any atom is 0.307 e. The van der Waals surface area contributed by atoms with Crippen molar-refractivity contribution in [3.63, 3.8) is 0 Å². The molecule has 84 valence electrons. The van der Waals surface area contributed by atoms with Gasteiger partial charge in [0, 0.05) is 6.54 Å². The third-order valence-electron chi connectivity index (χ3n) is 3.79. The molecule has 2 fully saturated rings. The molecule has 0 spiro atoms. The first kappa shape index (κ1) is 10.5. The quantitative estimate of drug-likeness (QED) is 0.713. The minimum Gasteiger partial charge on any atom is -0.481 e. The zero-order valence-corrected chi connectivity index (χ0v) is 8.95. The van der Waals surface area contributed by atoms with Gasteiger partial charge in [-0.15, -0.1) is 0 Å². The van der Waals surface area contributed by atoms with E-state index in [9.17, 15) is 9.59 Å². The van der Waals surface area contributed by atoms with Crippen molar-refractivity contribution in [2.45, 2.75) is 32.6 Å². The molecule has 2 aliphatic rings. The second kappa shape index (κ2) is 3.51. The molecule has 0 heterocycles. The van der Waals surface area contributed by atoms with Gasteiger partial charge in [0.2, 0.25) is 5.91 Å². The monoisotopic (exact) mass is 211 g/mol. The smallest absolute Gasteiger partial charge is 0.307 e. The van der Waals surface area contributed by atoms with Gasteiger partial charge in [-0.3, -0.25) is 9.59 Å². The standard InChI is InChI=1S/C11H17NO3/c1-2-11(3-4-11)6-12-9(13)7-5-8(7)10(14)15/h7-8H,2-6H2,1H3,(H,12,13)(H,14,15)/t7-,8+/m1/s1. The predicted octanol–water partition coefficient (Wildman–Crippen LogP) is 1.01. The zero-order chi connectivity index (χ0) is 11.1. The van der Waals surface area contributed by atoms with Crippen molar-refractivity contribution < 1.29 is 14.7 Å². The number of carbonyl (C=O) groups excluding carboxylic acids is 1. The SMILES string of the molecule is CCC1(CNC(=O)[C@@H]2C[C@@H]2C(=O)O)CC1. The molecule has 4 nitrogen and oxygen atoms in total. The normalized spacial score (nSPS) is 30.7. The van der Waals surface area contributed by atoms with Gasteiger partial charge in [-0.25, -0.2) is 0 Å². The molecule has 15 heavy (non-hydrogen) atoms. The van der Waals surface area contributed by atoms with Crippen molar-refractivity contribution >= 4 is 11.9 Å². The van der Waals surface area contributed by atoms with Gasteiger partial charge < -0.3 is 10.4 Å². The second-order valence-electron chi connectivity index (χ2n) is 4.86. The molecule has 2 aliphatic carbocycles. The Bertz CT molecular complexity index is 296. The molecule has 2 rings (SSSR count). The third-order valence-corrected chi connectivity index (χ3v) is 3.79. The van der Waals surface area contributed by atoms with Gasteiger partial charge in [0.25, 0.3) is 0 Å². The summed E-state index contributed by atoms with van der Waals surface area (Å²) in [4.78, 5) is 22.1. The van der Waals surface area contributed by atoms with E-state index in [1.54, 1.807) is 0 Å². The Morgan fingerprint density at radius 2 is 2.07 bits per heavy atom. The van der Waals surface area contributed by atoms with Crippen LogP contribution in [0, 0.1) is 17.3 Å². The summed E-state index contributed by atoms with van der Waals surface area (Å²) >= 11 is 0. The Kier molecular flexibility index (Phi) is 2.44. The maximum atomic E-state index is 11.5. The van der Waals surface area contributed by atoms with Crippen LogP contribution in [0.25, 0.3) is 0 Å². The maximum absolute atomic E-state index is 11.5. The highest BCUT2D eigenvalue weighted by Crippen LogP contribution is 2.48. The summed E-state index contributed by atoms with van der Waals surface area (Å²) in [6, 6.07) is 0. The summed E-state index contributed by atoms with van der Waals surface area (Å²) in [6.07, 6.45) is 3.99.